The number of hydrogen-bond donors (Lipinski definition) is 0. The quantitative estimate of drug-likeness (QED) is 0.132. The molecule has 0 amide bonds. The molecule has 0 saturated carbocycles. The molecule has 2 radical (unpaired) electrons. The summed E-state index contributed by atoms with van der Waals surface area (Å²) in [6.07, 6.45) is 0. The molecule has 0 aliphatic rings. The molecule has 14 heavy (non-hydrogen) atoms. The molecule has 0 atom stereocenters. The van der Waals surface area contributed by atoms with Crippen LogP contribution in [-0.2, 0) is 44.8 Å². The number of rotatable bonds is 0. The molecule has 0 unspecified atom stereocenters. The van der Waals surface area contributed by atoms with E-state index in [0.717, 1.165) is 0 Å². The van der Waals surface area contributed by atoms with Crippen molar-refractivity contribution in [1.82, 2.24) is 0 Å². The third kappa shape index (κ3) is 240. The van der Waals surface area contributed by atoms with Gasteiger partial charge in [0.05, 0.1) is 0 Å². The third-order valence-electron chi connectivity index (χ3n) is 0. The van der Waals surface area contributed by atoms with E-state index >= 15 is 0 Å². The van der Waals surface area contributed by atoms with Gasteiger partial charge < -0.3 is 0 Å². The second-order valence-corrected chi connectivity index (χ2v) is 34.8. The van der Waals surface area contributed by atoms with E-state index in [1.165, 1.54) is 0 Å². The topological polar surface area (TPSA) is 0 Å². The van der Waals surface area contributed by atoms with Gasteiger partial charge in [-0.1, -0.05) is 0 Å². The Labute approximate surface area is 148 Å². The van der Waals surface area contributed by atoms with Crippen molar-refractivity contribution in [3.05, 3.63) is 26.7 Å². The van der Waals surface area contributed by atoms with Crippen molar-refractivity contribution in [1.29, 1.82) is 0 Å². The van der Waals surface area contributed by atoms with Gasteiger partial charge >= 0.3 is 106 Å². The Balaban J connectivity index is -0.0000000625. The van der Waals surface area contributed by atoms with E-state index in [1.54, 1.807) is 0 Å². The first-order valence-electron chi connectivity index (χ1n) is 3.39. The van der Waals surface area contributed by atoms with Gasteiger partial charge in [-0.15, -0.1) is 0 Å². The maximum absolute atomic E-state index is 3.91. The van der Waals surface area contributed by atoms with Crippen molar-refractivity contribution in [2.75, 3.05) is 26.7 Å². The van der Waals surface area contributed by atoms with Crippen LogP contribution in [0.4, 0.5) is 0 Å². The molecule has 0 N–H and O–H groups in total. The Morgan fingerprint density at radius 2 is 0.643 bits per heavy atom. The normalized spacial score (nSPS) is 16.4. The van der Waals surface area contributed by atoms with Gasteiger partial charge in [0.25, 0.3) is 0 Å². The van der Waals surface area contributed by atoms with Crippen molar-refractivity contribution in [3.63, 3.8) is 0 Å². The molecule has 0 aliphatic carbocycles. The summed E-state index contributed by atoms with van der Waals surface area (Å²) in [5.74, 6) is 0. The van der Waals surface area contributed by atoms with Crippen LogP contribution in [0, 0.1) is 26.7 Å². The maximum atomic E-state index is 3.91. The van der Waals surface area contributed by atoms with Crippen molar-refractivity contribution in [3.8, 4) is 0 Å². The molecule has 0 spiro atoms. The predicted octanol–water partition coefficient (Wildman–Crippen LogP) is 5.46. The molecule has 0 saturated heterocycles. The summed E-state index contributed by atoms with van der Waals surface area (Å²) >= 11 is 4.64. The fourth-order valence-electron chi connectivity index (χ4n) is 0. The van der Waals surface area contributed by atoms with Crippen molar-refractivity contribution < 1.29 is 44.8 Å². The third-order valence-corrected chi connectivity index (χ3v) is 0. The van der Waals surface area contributed by atoms with Crippen LogP contribution < -0.4 is 0 Å². The molecule has 0 fully saturated rings. The Hall–Kier alpha value is 3.80. The molecule has 102 valence electrons. The SMILES string of the molecule is [Au].[Au].[CH2-]P([CH2-])(C)(C)I.[CH2-]P([CH2-])(C)(C)I. The van der Waals surface area contributed by atoms with Crippen molar-refractivity contribution in [2.45, 2.75) is 0 Å². The Morgan fingerprint density at radius 1 is 0.643 bits per heavy atom. The second kappa shape index (κ2) is 7.40. The van der Waals surface area contributed by atoms with Gasteiger partial charge in [-0.3, -0.25) is 0 Å². The monoisotopic (exact) mass is 826 g/mol. The van der Waals surface area contributed by atoms with Crippen LogP contribution in [-0.4, -0.2) is 26.7 Å². The van der Waals surface area contributed by atoms with Crippen LogP contribution in [0.25, 0.3) is 0 Å². The summed E-state index contributed by atoms with van der Waals surface area (Å²) in [7, 11) is 0. The number of hydrogen-bond acceptors (Lipinski definition) is 0. The molecular weight excluding hydrogens is 806 g/mol. The average Bonchev–Trinajstić information content (AvgIpc) is 1.02. The van der Waals surface area contributed by atoms with Crippen LogP contribution in [0.15, 0.2) is 0 Å². The summed E-state index contributed by atoms with van der Waals surface area (Å²) in [4.78, 5) is 0. The van der Waals surface area contributed by atoms with E-state index in [0.29, 0.717) is 0 Å². The first kappa shape index (κ1) is 26.4. The van der Waals surface area contributed by atoms with Gasteiger partial charge in [0.15, 0.2) is 0 Å². The van der Waals surface area contributed by atoms with Crippen LogP contribution >= 0.6 is 52.6 Å². The van der Waals surface area contributed by atoms with E-state index < -0.39 is 8.49 Å². The van der Waals surface area contributed by atoms with Crippen molar-refractivity contribution >= 4 is 52.6 Å². The van der Waals surface area contributed by atoms with Crippen LogP contribution in [0.1, 0.15) is 0 Å². The summed E-state index contributed by atoms with van der Waals surface area (Å²) < 4.78 is -3.16. The van der Waals surface area contributed by atoms with Crippen LogP contribution in [0.3, 0.4) is 0 Å². The first-order valence-corrected chi connectivity index (χ1v) is 16.0. The van der Waals surface area contributed by atoms with Gasteiger partial charge in [0.2, 0.25) is 0 Å². The van der Waals surface area contributed by atoms with Crippen molar-refractivity contribution in [2.24, 2.45) is 0 Å². The molecule has 6 heteroatoms. The zero-order valence-corrected chi connectivity index (χ0v) is 19.5. The molecule has 0 aromatic heterocycles. The molecule has 0 aromatic rings. The predicted molar refractivity (Wildman–Crippen MR) is 87.0 cm³/mol. The summed E-state index contributed by atoms with van der Waals surface area (Å²) in [5, 5.41) is 0. The molecule has 0 nitrogen and oxygen atoms in total. The zero-order chi connectivity index (χ0) is 10.9. The Morgan fingerprint density at radius 3 is 0.643 bits per heavy atom. The average molecular weight is 826 g/mol. The summed E-state index contributed by atoms with van der Waals surface area (Å²) in [5.41, 5.74) is 0. The van der Waals surface area contributed by atoms with E-state index in [9.17, 15) is 0 Å². The van der Waals surface area contributed by atoms with E-state index in [4.69, 9.17) is 0 Å². The Bertz CT molecular complexity index is 110. The minimum atomic E-state index is -1.58. The van der Waals surface area contributed by atoms with Gasteiger partial charge in [-0.05, 0) is 0 Å². The van der Waals surface area contributed by atoms with Crippen LogP contribution in [0.2, 0.25) is 0 Å². The molecule has 0 rings (SSSR count). The van der Waals surface area contributed by atoms with E-state index in [-0.39, 0.29) is 44.8 Å². The fourth-order valence-corrected chi connectivity index (χ4v) is 0. The molecule has 0 aromatic carbocycles. The summed E-state index contributed by atoms with van der Waals surface area (Å²) in [6.45, 7) is 24.0. The molecule has 0 aliphatic heterocycles. The molecule has 0 heterocycles. The Kier molecular flexibility index (Phi) is 14.0. The zero-order valence-electron chi connectivity index (χ0n) is 9.08. The minimum absolute atomic E-state index is 0. The summed E-state index contributed by atoms with van der Waals surface area (Å²) in [6, 6.07) is 0. The standard InChI is InChI=1S/2C4H10IP.2Au/c2*1-6(2,3,4)5;;/h2*1-2H2,3-4H3;;/q2*-2;;. The molecule has 0 bridgehead atoms. The van der Waals surface area contributed by atoms with Crippen LogP contribution in [0.5, 0.6) is 0 Å². The van der Waals surface area contributed by atoms with Gasteiger partial charge in [0, 0.05) is 44.8 Å². The van der Waals surface area contributed by atoms with Gasteiger partial charge in [-0.25, -0.2) is 0 Å². The van der Waals surface area contributed by atoms with E-state index in [1.807, 2.05) is 0 Å². The molecular formula is C8H20Au2I2P2-4. The first-order chi connectivity index (χ1) is 4.47. The van der Waals surface area contributed by atoms with E-state index in [2.05, 4.69) is 97.4 Å². The van der Waals surface area contributed by atoms with Gasteiger partial charge in [-0.2, -0.15) is 0 Å². The fraction of sp³-hybridized carbons (Fsp3) is 0.500. The second-order valence-electron chi connectivity index (χ2n) is 5.03. The number of halogens is 2. The van der Waals surface area contributed by atoms with Gasteiger partial charge in [0.1, 0.15) is 0 Å².